The Balaban J connectivity index is 2.61. The summed E-state index contributed by atoms with van der Waals surface area (Å²) in [5, 5.41) is 26.1. The van der Waals surface area contributed by atoms with Crippen LogP contribution in [0.2, 0.25) is 0 Å². The number of hydrogen-bond acceptors (Lipinski definition) is 4. The minimum absolute atomic E-state index is 0.146. The van der Waals surface area contributed by atoms with Crippen LogP contribution in [0.1, 0.15) is 26.3 Å². The summed E-state index contributed by atoms with van der Waals surface area (Å²) in [7, 11) is 0. The molecule has 0 saturated heterocycles. The van der Waals surface area contributed by atoms with E-state index in [4.69, 9.17) is 12.2 Å². The number of phenols is 2. The van der Waals surface area contributed by atoms with Crippen LogP contribution < -0.4 is 10.7 Å². The Hall–Kier alpha value is -1.82. The number of rotatable bonds is 2. The largest absolute Gasteiger partial charge is 0.504 e. The van der Waals surface area contributed by atoms with Gasteiger partial charge in [0, 0.05) is 11.1 Å². The van der Waals surface area contributed by atoms with Crippen LogP contribution in [0, 0.1) is 0 Å². The monoisotopic (exact) mass is 267 g/mol. The van der Waals surface area contributed by atoms with Crippen LogP contribution in [0.3, 0.4) is 0 Å². The summed E-state index contributed by atoms with van der Waals surface area (Å²) in [6, 6.07) is 4.63. The summed E-state index contributed by atoms with van der Waals surface area (Å²) in [6.07, 6.45) is 1.38. The Bertz CT molecular complexity index is 467. The van der Waals surface area contributed by atoms with Crippen molar-refractivity contribution in [1.82, 2.24) is 10.7 Å². The molecule has 0 aliphatic carbocycles. The first-order valence-corrected chi connectivity index (χ1v) is 5.82. The first kappa shape index (κ1) is 14.2. The minimum Gasteiger partial charge on any atom is -0.504 e. The molecule has 0 radical (unpaired) electrons. The molecule has 0 fully saturated rings. The van der Waals surface area contributed by atoms with Crippen molar-refractivity contribution in [3.8, 4) is 11.5 Å². The molecule has 6 heteroatoms. The zero-order valence-electron chi connectivity index (χ0n) is 10.6. The van der Waals surface area contributed by atoms with Gasteiger partial charge in [-0.3, -0.25) is 5.43 Å². The highest BCUT2D eigenvalue weighted by atomic mass is 32.1. The molecule has 0 atom stereocenters. The molecule has 0 aliphatic heterocycles. The average Bonchev–Trinajstić information content (AvgIpc) is 2.21. The van der Waals surface area contributed by atoms with E-state index in [1.54, 1.807) is 12.1 Å². The fraction of sp³-hybridized carbons (Fsp3) is 0.333. The van der Waals surface area contributed by atoms with Gasteiger partial charge in [0.05, 0.1) is 6.21 Å². The number of hydrogen-bond donors (Lipinski definition) is 4. The van der Waals surface area contributed by atoms with E-state index in [-0.39, 0.29) is 17.0 Å². The maximum Gasteiger partial charge on any atom is 0.187 e. The van der Waals surface area contributed by atoms with Gasteiger partial charge in [0.25, 0.3) is 0 Å². The van der Waals surface area contributed by atoms with Crippen LogP contribution >= 0.6 is 12.2 Å². The van der Waals surface area contributed by atoms with E-state index in [2.05, 4.69) is 15.8 Å². The highest BCUT2D eigenvalue weighted by molar-refractivity contribution is 7.80. The fourth-order valence-corrected chi connectivity index (χ4v) is 1.54. The van der Waals surface area contributed by atoms with Gasteiger partial charge in [-0.05, 0) is 45.1 Å². The first-order chi connectivity index (χ1) is 8.29. The number of thiocarbonyl (C=S) groups is 1. The summed E-state index contributed by atoms with van der Waals surface area (Å²) in [6.45, 7) is 5.93. The van der Waals surface area contributed by atoms with Gasteiger partial charge < -0.3 is 15.5 Å². The molecule has 0 saturated carbocycles. The summed E-state index contributed by atoms with van der Waals surface area (Å²) in [5.41, 5.74) is 2.89. The summed E-state index contributed by atoms with van der Waals surface area (Å²) < 4.78 is 0. The molecule has 98 valence electrons. The van der Waals surface area contributed by atoms with Crippen molar-refractivity contribution < 1.29 is 10.2 Å². The molecule has 0 bridgehead atoms. The van der Waals surface area contributed by atoms with Gasteiger partial charge in [0.2, 0.25) is 0 Å². The summed E-state index contributed by atoms with van der Waals surface area (Å²) in [5.74, 6) is -0.396. The van der Waals surface area contributed by atoms with Crippen molar-refractivity contribution >= 4 is 23.5 Å². The molecule has 0 aliphatic rings. The molecule has 1 aromatic rings. The third-order valence-corrected chi connectivity index (χ3v) is 2.10. The Morgan fingerprint density at radius 2 is 2.00 bits per heavy atom. The lowest BCUT2D eigenvalue weighted by molar-refractivity contribution is 0.403. The van der Waals surface area contributed by atoms with Crippen molar-refractivity contribution in [2.75, 3.05) is 0 Å². The van der Waals surface area contributed by atoms with E-state index in [1.807, 2.05) is 20.8 Å². The number of nitrogens with one attached hydrogen (secondary N) is 2. The van der Waals surface area contributed by atoms with E-state index in [0.29, 0.717) is 10.7 Å². The molecule has 5 nitrogen and oxygen atoms in total. The average molecular weight is 267 g/mol. The zero-order valence-corrected chi connectivity index (χ0v) is 11.4. The van der Waals surface area contributed by atoms with Gasteiger partial charge >= 0.3 is 0 Å². The topological polar surface area (TPSA) is 76.9 Å². The van der Waals surface area contributed by atoms with Crippen LogP contribution in [0.25, 0.3) is 0 Å². The minimum atomic E-state index is -0.210. The number of hydrazone groups is 1. The Morgan fingerprint density at radius 1 is 1.33 bits per heavy atom. The van der Waals surface area contributed by atoms with Crippen LogP contribution in [0.5, 0.6) is 11.5 Å². The Kier molecular flexibility index (Phi) is 4.49. The second-order valence-corrected chi connectivity index (χ2v) is 5.20. The smallest absolute Gasteiger partial charge is 0.187 e. The molecule has 18 heavy (non-hydrogen) atoms. The van der Waals surface area contributed by atoms with Crippen molar-refractivity contribution in [2.45, 2.75) is 26.3 Å². The highest BCUT2D eigenvalue weighted by Gasteiger charge is 2.10. The predicted octanol–water partition coefficient (Wildman–Crippen LogP) is 1.69. The van der Waals surface area contributed by atoms with Crippen LogP contribution in [-0.2, 0) is 0 Å². The number of aromatic hydroxyl groups is 2. The normalized spacial score (nSPS) is 11.5. The van der Waals surface area contributed by atoms with Gasteiger partial charge in [0.15, 0.2) is 16.6 Å². The second-order valence-electron chi connectivity index (χ2n) is 4.79. The maximum atomic E-state index is 9.53. The summed E-state index contributed by atoms with van der Waals surface area (Å²) >= 11 is 5.03. The maximum absolute atomic E-state index is 9.53. The van der Waals surface area contributed by atoms with E-state index < -0.39 is 0 Å². The molecular weight excluding hydrogens is 250 g/mol. The molecule has 1 rings (SSSR count). The molecule has 0 aromatic heterocycles. The molecule has 0 amide bonds. The number of para-hydroxylation sites is 1. The first-order valence-electron chi connectivity index (χ1n) is 5.42. The third kappa shape index (κ3) is 4.58. The Morgan fingerprint density at radius 3 is 2.61 bits per heavy atom. The standard InChI is InChI=1S/C12H17N3O2S/c1-12(2,3)14-11(18)15-13-7-8-5-4-6-9(16)10(8)17/h4-7,16-17H,1-3H3,(H2,14,15,18)/b13-7-. The second kappa shape index (κ2) is 5.68. The molecule has 4 N–H and O–H groups in total. The van der Waals surface area contributed by atoms with E-state index in [0.717, 1.165) is 0 Å². The van der Waals surface area contributed by atoms with Crippen molar-refractivity contribution in [3.05, 3.63) is 23.8 Å². The molecule has 0 unspecified atom stereocenters. The molecule has 0 heterocycles. The predicted molar refractivity (Wildman–Crippen MR) is 76.0 cm³/mol. The third-order valence-electron chi connectivity index (χ3n) is 1.90. The lowest BCUT2D eigenvalue weighted by Gasteiger charge is -2.21. The molecule has 0 spiro atoms. The van der Waals surface area contributed by atoms with Gasteiger partial charge in [-0.25, -0.2) is 0 Å². The molecule has 1 aromatic carbocycles. The number of benzene rings is 1. The summed E-state index contributed by atoms with van der Waals surface area (Å²) in [4.78, 5) is 0. The van der Waals surface area contributed by atoms with Gasteiger partial charge in [-0.1, -0.05) is 6.07 Å². The molecular formula is C12H17N3O2S. The van der Waals surface area contributed by atoms with Gasteiger partial charge in [0.1, 0.15) is 0 Å². The van der Waals surface area contributed by atoms with Crippen molar-refractivity contribution in [1.29, 1.82) is 0 Å². The Labute approximate surface area is 112 Å². The van der Waals surface area contributed by atoms with Crippen LogP contribution in [0.4, 0.5) is 0 Å². The van der Waals surface area contributed by atoms with Crippen molar-refractivity contribution in [2.24, 2.45) is 5.10 Å². The van der Waals surface area contributed by atoms with Crippen LogP contribution in [-0.4, -0.2) is 27.1 Å². The van der Waals surface area contributed by atoms with E-state index in [9.17, 15) is 10.2 Å². The van der Waals surface area contributed by atoms with E-state index >= 15 is 0 Å². The zero-order chi connectivity index (χ0) is 13.8. The number of phenolic OH excluding ortho intramolecular Hbond substituents is 2. The highest BCUT2D eigenvalue weighted by Crippen LogP contribution is 2.26. The quantitative estimate of drug-likeness (QED) is 0.284. The van der Waals surface area contributed by atoms with Crippen LogP contribution in [0.15, 0.2) is 23.3 Å². The SMILES string of the molecule is CC(C)(C)NC(=S)N/N=C\c1cccc(O)c1O. The van der Waals surface area contributed by atoms with E-state index in [1.165, 1.54) is 12.3 Å². The van der Waals surface area contributed by atoms with Crippen molar-refractivity contribution in [3.63, 3.8) is 0 Å². The van der Waals surface area contributed by atoms with Gasteiger partial charge in [-0.15, -0.1) is 0 Å². The van der Waals surface area contributed by atoms with Gasteiger partial charge in [-0.2, -0.15) is 5.10 Å². The fourth-order valence-electron chi connectivity index (χ4n) is 1.18. The lowest BCUT2D eigenvalue weighted by atomic mass is 10.1. The lowest BCUT2D eigenvalue weighted by Crippen LogP contribution is -2.44. The number of nitrogens with zero attached hydrogens (tertiary/aromatic N) is 1.